The molecule has 2 rings (SSSR count). The van der Waals surface area contributed by atoms with Crippen LogP contribution in [0.1, 0.15) is 18.4 Å². The van der Waals surface area contributed by atoms with Crippen LogP contribution in [0.2, 0.25) is 5.02 Å². The maximum atomic E-state index is 9.40. The van der Waals surface area contributed by atoms with Gasteiger partial charge in [0.05, 0.1) is 12.7 Å². The number of methoxy groups -OCH3 is 1. The molecule has 0 unspecified atom stereocenters. The summed E-state index contributed by atoms with van der Waals surface area (Å²) < 4.78 is 5.04. The van der Waals surface area contributed by atoms with E-state index in [4.69, 9.17) is 16.3 Å². The van der Waals surface area contributed by atoms with E-state index < -0.39 is 0 Å². The highest BCUT2D eigenvalue weighted by molar-refractivity contribution is 6.30. The predicted octanol–water partition coefficient (Wildman–Crippen LogP) is 2.28. The molecule has 1 saturated carbocycles. The molecule has 5 heteroatoms. The van der Waals surface area contributed by atoms with Crippen molar-refractivity contribution in [3.8, 4) is 0 Å². The van der Waals surface area contributed by atoms with Gasteiger partial charge in [-0.2, -0.15) is 0 Å². The maximum Gasteiger partial charge on any atom is 0.0587 e. The molecule has 0 amide bonds. The van der Waals surface area contributed by atoms with Crippen LogP contribution in [0.15, 0.2) is 18.2 Å². The number of anilines is 1. The third-order valence-corrected chi connectivity index (χ3v) is 4.23. The Hall–Kier alpha value is -0.810. The second-order valence-corrected chi connectivity index (χ2v) is 6.25. The summed E-state index contributed by atoms with van der Waals surface area (Å²) >= 11 is 6.12. The Morgan fingerprint density at radius 2 is 2.19 bits per heavy atom. The number of hydrogen-bond donors (Lipinski definition) is 2. The van der Waals surface area contributed by atoms with Crippen molar-refractivity contribution in [3.05, 3.63) is 28.8 Å². The first-order valence-electron chi connectivity index (χ1n) is 7.47. The van der Waals surface area contributed by atoms with Gasteiger partial charge >= 0.3 is 0 Å². The van der Waals surface area contributed by atoms with Crippen molar-refractivity contribution in [1.82, 2.24) is 5.32 Å². The van der Waals surface area contributed by atoms with Crippen LogP contribution < -0.4 is 10.2 Å². The van der Waals surface area contributed by atoms with E-state index >= 15 is 0 Å². The first-order chi connectivity index (χ1) is 10.1. The second kappa shape index (κ2) is 7.99. The van der Waals surface area contributed by atoms with Gasteiger partial charge in [-0.15, -0.1) is 0 Å². The van der Waals surface area contributed by atoms with E-state index in [-0.39, 0.29) is 6.10 Å². The Balaban J connectivity index is 1.96. The smallest absolute Gasteiger partial charge is 0.0587 e. The fourth-order valence-electron chi connectivity index (χ4n) is 2.80. The number of benzene rings is 1. The largest absolute Gasteiger partial charge is 0.393 e. The van der Waals surface area contributed by atoms with Gasteiger partial charge in [-0.3, -0.25) is 0 Å². The van der Waals surface area contributed by atoms with Crippen LogP contribution >= 0.6 is 11.6 Å². The summed E-state index contributed by atoms with van der Waals surface area (Å²) in [5.41, 5.74) is 2.40. The SMILES string of the molecule is COCCNCc1cc(Cl)ccc1N(C)CC1CC(O)C1. The van der Waals surface area contributed by atoms with E-state index in [1.165, 1.54) is 11.3 Å². The molecule has 0 saturated heterocycles. The van der Waals surface area contributed by atoms with Crippen molar-refractivity contribution in [2.24, 2.45) is 5.92 Å². The Morgan fingerprint density at radius 3 is 2.86 bits per heavy atom. The van der Waals surface area contributed by atoms with Crippen LogP contribution in [-0.4, -0.2) is 45.1 Å². The quantitative estimate of drug-likeness (QED) is 0.723. The highest BCUT2D eigenvalue weighted by atomic mass is 35.5. The molecule has 0 spiro atoms. The van der Waals surface area contributed by atoms with Gasteiger partial charge in [0, 0.05) is 44.5 Å². The minimum atomic E-state index is -0.0937. The number of aliphatic hydroxyl groups is 1. The molecule has 0 bridgehead atoms. The lowest BCUT2D eigenvalue weighted by Gasteiger charge is -2.35. The Morgan fingerprint density at radius 1 is 1.43 bits per heavy atom. The highest BCUT2D eigenvalue weighted by Crippen LogP contribution is 2.30. The molecule has 1 fully saturated rings. The molecule has 1 aromatic rings. The standard InChI is InChI=1S/C16H25ClN2O2/c1-19(11-12-7-15(20)8-12)16-4-3-14(17)9-13(16)10-18-5-6-21-2/h3-4,9,12,15,18,20H,5-8,10-11H2,1-2H3. The van der Waals surface area contributed by atoms with Crippen molar-refractivity contribution in [2.45, 2.75) is 25.5 Å². The van der Waals surface area contributed by atoms with Crippen LogP contribution in [0.4, 0.5) is 5.69 Å². The summed E-state index contributed by atoms with van der Waals surface area (Å²) in [7, 11) is 3.81. The zero-order valence-corrected chi connectivity index (χ0v) is 13.6. The Bertz CT molecular complexity index is 450. The lowest BCUT2D eigenvalue weighted by Crippen LogP contribution is -2.37. The summed E-state index contributed by atoms with van der Waals surface area (Å²) in [6.07, 6.45) is 1.74. The van der Waals surface area contributed by atoms with Gasteiger partial charge in [-0.05, 0) is 42.5 Å². The zero-order valence-electron chi connectivity index (χ0n) is 12.8. The third-order valence-electron chi connectivity index (χ3n) is 3.99. The zero-order chi connectivity index (χ0) is 15.2. The maximum absolute atomic E-state index is 9.40. The summed E-state index contributed by atoms with van der Waals surface area (Å²) in [5, 5.41) is 13.5. The first-order valence-corrected chi connectivity index (χ1v) is 7.85. The lowest BCUT2D eigenvalue weighted by molar-refractivity contribution is 0.0464. The molecule has 21 heavy (non-hydrogen) atoms. The average Bonchev–Trinajstić information content (AvgIpc) is 2.42. The van der Waals surface area contributed by atoms with Crippen LogP contribution in [0.25, 0.3) is 0 Å². The van der Waals surface area contributed by atoms with E-state index in [0.717, 1.165) is 37.5 Å². The fraction of sp³-hybridized carbons (Fsp3) is 0.625. The average molecular weight is 313 g/mol. The number of rotatable bonds is 8. The molecule has 0 aromatic heterocycles. The highest BCUT2D eigenvalue weighted by Gasteiger charge is 2.28. The van der Waals surface area contributed by atoms with Crippen molar-refractivity contribution in [3.63, 3.8) is 0 Å². The van der Waals surface area contributed by atoms with Gasteiger partial charge in [0.2, 0.25) is 0 Å². The van der Waals surface area contributed by atoms with E-state index in [1.54, 1.807) is 7.11 Å². The van der Waals surface area contributed by atoms with E-state index in [1.807, 2.05) is 12.1 Å². The van der Waals surface area contributed by atoms with Gasteiger partial charge in [0.1, 0.15) is 0 Å². The minimum Gasteiger partial charge on any atom is -0.393 e. The summed E-state index contributed by atoms with van der Waals surface area (Å²) in [6, 6.07) is 6.02. The number of halogens is 1. The van der Waals surface area contributed by atoms with E-state index in [0.29, 0.717) is 12.5 Å². The molecule has 2 N–H and O–H groups in total. The first kappa shape index (κ1) is 16.6. The summed E-state index contributed by atoms with van der Waals surface area (Å²) in [5.74, 6) is 0.593. The van der Waals surface area contributed by atoms with Gasteiger partial charge in [0.15, 0.2) is 0 Å². The fourth-order valence-corrected chi connectivity index (χ4v) is 3.00. The molecule has 0 heterocycles. The molecule has 1 aliphatic carbocycles. The normalized spacial score (nSPS) is 21.1. The molecule has 0 aliphatic heterocycles. The van der Waals surface area contributed by atoms with Crippen LogP contribution in [0.5, 0.6) is 0 Å². The van der Waals surface area contributed by atoms with Gasteiger partial charge in [-0.1, -0.05) is 11.6 Å². The Labute approximate surface area is 132 Å². The second-order valence-electron chi connectivity index (χ2n) is 5.81. The van der Waals surface area contributed by atoms with Crippen molar-refractivity contribution >= 4 is 17.3 Å². The number of nitrogens with zero attached hydrogens (tertiary/aromatic N) is 1. The van der Waals surface area contributed by atoms with Gasteiger partial charge < -0.3 is 20.1 Å². The van der Waals surface area contributed by atoms with Gasteiger partial charge in [-0.25, -0.2) is 0 Å². The summed E-state index contributed by atoms with van der Waals surface area (Å²) in [4.78, 5) is 2.26. The number of nitrogens with one attached hydrogen (secondary N) is 1. The molecular weight excluding hydrogens is 288 g/mol. The molecule has 118 valence electrons. The third kappa shape index (κ3) is 4.85. The van der Waals surface area contributed by atoms with Crippen LogP contribution in [-0.2, 0) is 11.3 Å². The molecule has 1 aromatic carbocycles. The molecule has 1 aliphatic rings. The van der Waals surface area contributed by atoms with Crippen molar-refractivity contribution < 1.29 is 9.84 Å². The minimum absolute atomic E-state index is 0.0937. The Kier molecular flexibility index (Phi) is 6.30. The van der Waals surface area contributed by atoms with Crippen LogP contribution in [0.3, 0.4) is 0 Å². The van der Waals surface area contributed by atoms with Gasteiger partial charge in [0.25, 0.3) is 0 Å². The summed E-state index contributed by atoms with van der Waals surface area (Å²) in [6.45, 7) is 3.27. The monoisotopic (exact) mass is 312 g/mol. The lowest BCUT2D eigenvalue weighted by atomic mass is 9.82. The van der Waals surface area contributed by atoms with E-state index in [2.05, 4.69) is 23.3 Å². The van der Waals surface area contributed by atoms with E-state index in [9.17, 15) is 5.11 Å². The number of ether oxygens (including phenoxy) is 1. The van der Waals surface area contributed by atoms with Crippen molar-refractivity contribution in [2.75, 3.05) is 38.8 Å². The molecule has 0 radical (unpaired) electrons. The van der Waals surface area contributed by atoms with Crippen LogP contribution in [0, 0.1) is 5.92 Å². The predicted molar refractivity (Wildman–Crippen MR) is 87.0 cm³/mol. The topological polar surface area (TPSA) is 44.7 Å². The molecular formula is C16H25ClN2O2. The number of hydrogen-bond acceptors (Lipinski definition) is 4. The molecule has 0 atom stereocenters. The molecule has 4 nitrogen and oxygen atoms in total. The number of aliphatic hydroxyl groups excluding tert-OH is 1. The van der Waals surface area contributed by atoms with Crippen molar-refractivity contribution in [1.29, 1.82) is 0 Å².